The van der Waals surface area contributed by atoms with Crippen molar-refractivity contribution in [2.75, 3.05) is 12.3 Å². The molecule has 0 aromatic heterocycles. The summed E-state index contributed by atoms with van der Waals surface area (Å²) in [6.45, 7) is 5.42. The van der Waals surface area contributed by atoms with Crippen LogP contribution in [0.3, 0.4) is 0 Å². The van der Waals surface area contributed by atoms with Crippen LogP contribution in [0.2, 0.25) is 5.02 Å². The van der Waals surface area contributed by atoms with Gasteiger partial charge in [-0.2, -0.15) is 0 Å². The Bertz CT molecular complexity index is 273. The molecule has 0 saturated carbocycles. The van der Waals surface area contributed by atoms with Gasteiger partial charge in [0.05, 0.1) is 0 Å². The smallest absolute Gasteiger partial charge is 0.0406 e. The molecular formula is C12H18ClNS. The Morgan fingerprint density at radius 2 is 2.00 bits per heavy atom. The van der Waals surface area contributed by atoms with Gasteiger partial charge in [0.25, 0.3) is 0 Å². The van der Waals surface area contributed by atoms with Crippen molar-refractivity contribution in [1.29, 1.82) is 0 Å². The van der Waals surface area contributed by atoms with Gasteiger partial charge in [-0.3, -0.25) is 0 Å². The molecule has 1 unspecified atom stereocenters. The van der Waals surface area contributed by atoms with E-state index < -0.39 is 0 Å². The van der Waals surface area contributed by atoms with Crippen molar-refractivity contribution in [2.45, 2.75) is 31.2 Å². The topological polar surface area (TPSA) is 12.0 Å². The molecule has 0 saturated heterocycles. The molecule has 3 heteroatoms. The van der Waals surface area contributed by atoms with Gasteiger partial charge in [-0.1, -0.05) is 18.5 Å². The summed E-state index contributed by atoms with van der Waals surface area (Å²) >= 11 is 7.70. The lowest BCUT2D eigenvalue weighted by atomic mass is 10.3. The lowest BCUT2D eigenvalue weighted by molar-refractivity contribution is 0.556. The monoisotopic (exact) mass is 243 g/mol. The highest BCUT2D eigenvalue weighted by atomic mass is 35.5. The van der Waals surface area contributed by atoms with Gasteiger partial charge in [-0.15, -0.1) is 11.8 Å². The quantitative estimate of drug-likeness (QED) is 0.763. The van der Waals surface area contributed by atoms with E-state index in [-0.39, 0.29) is 0 Å². The molecule has 1 aromatic carbocycles. The highest BCUT2D eigenvalue weighted by Gasteiger charge is 2.00. The minimum Gasteiger partial charge on any atom is -0.315 e. The number of thioether (sulfide) groups is 1. The average molecular weight is 244 g/mol. The fraction of sp³-hybridized carbons (Fsp3) is 0.500. The Labute approximate surface area is 102 Å². The number of nitrogens with one attached hydrogen (secondary N) is 1. The zero-order valence-corrected chi connectivity index (χ0v) is 10.9. The van der Waals surface area contributed by atoms with Gasteiger partial charge in [0.15, 0.2) is 0 Å². The van der Waals surface area contributed by atoms with E-state index in [2.05, 4.69) is 31.3 Å². The van der Waals surface area contributed by atoms with Crippen molar-refractivity contribution in [1.82, 2.24) is 5.32 Å². The Kier molecular flexibility index (Phi) is 6.15. The van der Waals surface area contributed by atoms with Crippen LogP contribution < -0.4 is 5.32 Å². The first-order chi connectivity index (χ1) is 7.22. The predicted molar refractivity (Wildman–Crippen MR) is 69.9 cm³/mol. The van der Waals surface area contributed by atoms with Gasteiger partial charge in [-0.25, -0.2) is 0 Å². The summed E-state index contributed by atoms with van der Waals surface area (Å²) in [7, 11) is 0. The number of rotatable bonds is 6. The Hall–Kier alpha value is -0.180. The molecule has 1 N–H and O–H groups in total. The second-order valence-corrected chi connectivity index (χ2v) is 5.15. The lowest BCUT2D eigenvalue weighted by Gasteiger charge is -2.11. The molecule has 15 heavy (non-hydrogen) atoms. The zero-order valence-electron chi connectivity index (χ0n) is 9.29. The second-order valence-electron chi connectivity index (χ2n) is 3.55. The SMILES string of the molecule is CCNC(C)CCSc1ccc(Cl)cc1. The van der Waals surface area contributed by atoms with Crippen LogP contribution in [0.5, 0.6) is 0 Å². The van der Waals surface area contributed by atoms with Gasteiger partial charge in [0.1, 0.15) is 0 Å². The van der Waals surface area contributed by atoms with Crippen LogP contribution in [0, 0.1) is 0 Å². The van der Waals surface area contributed by atoms with Gasteiger partial charge < -0.3 is 5.32 Å². The Morgan fingerprint density at radius 3 is 2.60 bits per heavy atom. The summed E-state index contributed by atoms with van der Waals surface area (Å²) in [5.74, 6) is 1.15. The first-order valence-corrected chi connectivity index (χ1v) is 6.70. The fourth-order valence-electron chi connectivity index (χ4n) is 1.33. The first-order valence-electron chi connectivity index (χ1n) is 5.34. The maximum Gasteiger partial charge on any atom is 0.0406 e. The third-order valence-corrected chi connectivity index (χ3v) is 3.48. The van der Waals surface area contributed by atoms with E-state index in [0.29, 0.717) is 6.04 Å². The van der Waals surface area contributed by atoms with E-state index in [1.807, 2.05) is 23.9 Å². The van der Waals surface area contributed by atoms with E-state index in [4.69, 9.17) is 11.6 Å². The molecule has 0 heterocycles. The Balaban J connectivity index is 2.22. The lowest BCUT2D eigenvalue weighted by Crippen LogP contribution is -2.25. The van der Waals surface area contributed by atoms with Crippen LogP contribution in [0.25, 0.3) is 0 Å². The third kappa shape index (κ3) is 5.45. The molecule has 0 amide bonds. The second kappa shape index (κ2) is 7.15. The normalized spacial score (nSPS) is 12.7. The van der Waals surface area contributed by atoms with E-state index in [0.717, 1.165) is 17.3 Å². The summed E-state index contributed by atoms with van der Waals surface area (Å²) in [6, 6.07) is 8.64. The fourth-order valence-corrected chi connectivity index (χ4v) is 2.50. The molecule has 0 aliphatic heterocycles. The molecule has 0 aliphatic rings. The van der Waals surface area contributed by atoms with Crippen molar-refractivity contribution in [3.63, 3.8) is 0 Å². The molecule has 0 radical (unpaired) electrons. The van der Waals surface area contributed by atoms with E-state index >= 15 is 0 Å². The molecule has 1 rings (SSSR count). The molecule has 1 atom stereocenters. The summed E-state index contributed by atoms with van der Waals surface area (Å²) in [5, 5.41) is 4.21. The third-order valence-electron chi connectivity index (χ3n) is 2.19. The number of hydrogen-bond donors (Lipinski definition) is 1. The summed E-state index contributed by atoms with van der Waals surface area (Å²) in [5.41, 5.74) is 0. The minimum absolute atomic E-state index is 0.606. The van der Waals surface area contributed by atoms with Crippen molar-refractivity contribution in [2.24, 2.45) is 0 Å². The highest BCUT2D eigenvalue weighted by Crippen LogP contribution is 2.21. The van der Waals surface area contributed by atoms with Crippen LogP contribution in [-0.4, -0.2) is 18.3 Å². The van der Waals surface area contributed by atoms with Gasteiger partial charge >= 0.3 is 0 Å². The van der Waals surface area contributed by atoms with Gasteiger partial charge in [0.2, 0.25) is 0 Å². The molecule has 0 fully saturated rings. The summed E-state index contributed by atoms with van der Waals surface area (Å²) in [6.07, 6.45) is 1.20. The molecule has 1 nitrogen and oxygen atoms in total. The number of benzene rings is 1. The molecule has 0 aliphatic carbocycles. The minimum atomic E-state index is 0.606. The predicted octanol–water partition coefficient (Wildman–Crippen LogP) is 3.82. The average Bonchev–Trinajstić information content (AvgIpc) is 2.21. The van der Waals surface area contributed by atoms with Crippen LogP contribution in [0.15, 0.2) is 29.2 Å². The van der Waals surface area contributed by atoms with Crippen molar-refractivity contribution in [3.8, 4) is 0 Å². The number of halogens is 1. The standard InChI is InChI=1S/C12H18ClNS/c1-3-14-10(2)8-9-15-12-6-4-11(13)5-7-12/h4-7,10,14H,3,8-9H2,1-2H3. The maximum absolute atomic E-state index is 5.82. The maximum atomic E-state index is 5.82. The first kappa shape index (κ1) is 12.9. The van der Waals surface area contributed by atoms with Gasteiger partial charge in [0, 0.05) is 16.0 Å². The Morgan fingerprint density at radius 1 is 1.33 bits per heavy atom. The zero-order chi connectivity index (χ0) is 11.1. The van der Waals surface area contributed by atoms with Gasteiger partial charge in [-0.05, 0) is 49.9 Å². The van der Waals surface area contributed by atoms with Crippen LogP contribution in [0.4, 0.5) is 0 Å². The van der Waals surface area contributed by atoms with E-state index in [1.165, 1.54) is 11.3 Å². The molecular weight excluding hydrogens is 226 g/mol. The molecule has 1 aromatic rings. The summed E-state index contributed by atoms with van der Waals surface area (Å²) in [4.78, 5) is 1.29. The largest absolute Gasteiger partial charge is 0.315 e. The van der Waals surface area contributed by atoms with E-state index in [9.17, 15) is 0 Å². The van der Waals surface area contributed by atoms with Crippen molar-refractivity contribution in [3.05, 3.63) is 29.3 Å². The van der Waals surface area contributed by atoms with Crippen molar-refractivity contribution < 1.29 is 0 Å². The van der Waals surface area contributed by atoms with Crippen LogP contribution >= 0.6 is 23.4 Å². The van der Waals surface area contributed by atoms with Crippen LogP contribution in [0.1, 0.15) is 20.3 Å². The molecule has 0 spiro atoms. The van der Waals surface area contributed by atoms with E-state index in [1.54, 1.807) is 0 Å². The van der Waals surface area contributed by atoms with Crippen LogP contribution in [-0.2, 0) is 0 Å². The number of hydrogen-bond acceptors (Lipinski definition) is 2. The molecule has 84 valence electrons. The highest BCUT2D eigenvalue weighted by molar-refractivity contribution is 7.99. The molecule has 0 bridgehead atoms. The van der Waals surface area contributed by atoms with Crippen molar-refractivity contribution >= 4 is 23.4 Å². The summed E-state index contributed by atoms with van der Waals surface area (Å²) < 4.78 is 0.